The fraction of sp³-hybridized carbons (Fsp3) is 0.895. The monoisotopic (exact) mass is 397 g/mol. The average Bonchev–Trinajstić information content (AvgIpc) is 2.93. The van der Waals surface area contributed by atoms with Crippen molar-refractivity contribution in [3.63, 3.8) is 0 Å². The Labute approximate surface area is 167 Å². The van der Waals surface area contributed by atoms with Crippen LogP contribution < -0.4 is 21.3 Å². The molecule has 3 saturated heterocycles. The summed E-state index contributed by atoms with van der Waals surface area (Å²) >= 11 is 2.06. The Morgan fingerprint density at radius 3 is 2.56 bits per heavy atom. The van der Waals surface area contributed by atoms with Gasteiger partial charge in [0.05, 0.1) is 18.1 Å². The van der Waals surface area contributed by atoms with Gasteiger partial charge in [-0.3, -0.25) is 25.1 Å². The van der Waals surface area contributed by atoms with Crippen LogP contribution in [0.25, 0.3) is 0 Å². The zero-order valence-corrected chi connectivity index (χ0v) is 17.8. The molecule has 0 aromatic rings. The van der Waals surface area contributed by atoms with Crippen molar-refractivity contribution in [2.75, 3.05) is 26.3 Å². The maximum Gasteiger partial charge on any atom is 0.239 e. The van der Waals surface area contributed by atoms with Crippen molar-refractivity contribution in [3.05, 3.63) is 0 Å². The summed E-state index contributed by atoms with van der Waals surface area (Å²) in [4.78, 5) is 26.7. The van der Waals surface area contributed by atoms with Crippen molar-refractivity contribution in [2.24, 2.45) is 17.8 Å². The van der Waals surface area contributed by atoms with Crippen LogP contribution in [0.1, 0.15) is 40.5 Å². The molecule has 0 saturated carbocycles. The first kappa shape index (κ1) is 20.9. The number of fused-ring (bicyclic) bond motifs is 1. The maximum atomic E-state index is 12.4. The lowest BCUT2D eigenvalue weighted by Crippen LogP contribution is -2.63. The summed E-state index contributed by atoms with van der Waals surface area (Å²) in [7, 11) is 0. The SMILES string of the molecule is CC(C)NC(=O)CNC(=O)C1CCN(C2NCNC3SC(C)C(C)C32)CC1. The predicted molar refractivity (Wildman–Crippen MR) is 109 cm³/mol. The first-order valence-corrected chi connectivity index (χ1v) is 11.2. The van der Waals surface area contributed by atoms with Gasteiger partial charge < -0.3 is 10.6 Å². The topological polar surface area (TPSA) is 85.5 Å². The van der Waals surface area contributed by atoms with E-state index in [1.165, 1.54) is 0 Å². The summed E-state index contributed by atoms with van der Waals surface area (Å²) in [6.07, 6.45) is 2.11. The van der Waals surface area contributed by atoms with Crippen molar-refractivity contribution < 1.29 is 9.59 Å². The normalized spacial score (nSPS) is 35.1. The van der Waals surface area contributed by atoms with Gasteiger partial charge in [-0.1, -0.05) is 13.8 Å². The Kier molecular flexibility index (Phi) is 7.05. The molecule has 7 nitrogen and oxygen atoms in total. The summed E-state index contributed by atoms with van der Waals surface area (Å²) in [6.45, 7) is 11.3. The van der Waals surface area contributed by atoms with Gasteiger partial charge in [0, 0.05) is 42.9 Å². The van der Waals surface area contributed by atoms with Gasteiger partial charge in [0.25, 0.3) is 0 Å². The van der Waals surface area contributed by atoms with E-state index in [1.54, 1.807) is 0 Å². The Hall–Kier alpha value is -0.830. The predicted octanol–water partition coefficient (Wildman–Crippen LogP) is 0.529. The lowest BCUT2D eigenvalue weighted by atomic mass is 9.85. The smallest absolute Gasteiger partial charge is 0.239 e. The summed E-state index contributed by atoms with van der Waals surface area (Å²) in [6, 6.07) is 0.0952. The maximum absolute atomic E-state index is 12.4. The van der Waals surface area contributed by atoms with E-state index >= 15 is 0 Å². The highest BCUT2D eigenvalue weighted by molar-refractivity contribution is 8.00. The highest BCUT2D eigenvalue weighted by atomic mass is 32.2. The van der Waals surface area contributed by atoms with E-state index in [0.717, 1.165) is 32.6 Å². The van der Waals surface area contributed by atoms with Gasteiger partial charge in [0.2, 0.25) is 11.8 Å². The molecular weight excluding hydrogens is 362 g/mol. The number of nitrogens with zero attached hydrogens (tertiary/aromatic N) is 1. The Balaban J connectivity index is 1.47. The number of carbonyl (C=O) groups excluding carboxylic acids is 2. The lowest BCUT2D eigenvalue weighted by molar-refractivity contribution is -0.130. The highest BCUT2D eigenvalue weighted by Crippen LogP contribution is 2.45. The standard InChI is InChI=1S/C19H35N5O2S/c1-11(2)23-15(25)9-20-18(26)14-5-7-24(8-6-14)17-16-12(3)13(4)27-19(16)22-10-21-17/h11-14,16-17,19,21-22H,5-10H2,1-4H3,(H,20,26)(H,23,25). The van der Waals surface area contributed by atoms with Crippen molar-refractivity contribution in [1.29, 1.82) is 0 Å². The second-order valence-corrected chi connectivity index (χ2v) is 10.0. The Bertz CT molecular complexity index is 538. The van der Waals surface area contributed by atoms with Crippen LogP contribution in [-0.2, 0) is 9.59 Å². The molecule has 5 unspecified atom stereocenters. The molecule has 154 valence electrons. The fourth-order valence-corrected chi connectivity index (χ4v) is 6.22. The third-order valence-electron chi connectivity index (χ3n) is 6.20. The molecular formula is C19H35N5O2S. The number of carbonyl (C=O) groups is 2. The Morgan fingerprint density at radius 2 is 1.89 bits per heavy atom. The quantitative estimate of drug-likeness (QED) is 0.542. The second-order valence-electron chi connectivity index (χ2n) is 8.48. The van der Waals surface area contributed by atoms with E-state index < -0.39 is 0 Å². The van der Waals surface area contributed by atoms with Crippen LogP contribution in [0.4, 0.5) is 0 Å². The molecule has 3 heterocycles. The summed E-state index contributed by atoms with van der Waals surface area (Å²) in [5, 5.41) is 14.1. The third kappa shape index (κ3) is 4.96. The van der Waals surface area contributed by atoms with Crippen LogP contribution in [-0.4, -0.2) is 65.8 Å². The van der Waals surface area contributed by atoms with Crippen LogP contribution in [0.5, 0.6) is 0 Å². The first-order valence-electron chi connectivity index (χ1n) is 10.3. The minimum absolute atomic E-state index is 0.0138. The van der Waals surface area contributed by atoms with Crippen LogP contribution >= 0.6 is 11.8 Å². The summed E-state index contributed by atoms with van der Waals surface area (Å²) in [5.74, 6) is 1.18. The van der Waals surface area contributed by atoms with Gasteiger partial charge in [-0.15, -0.1) is 11.8 Å². The zero-order chi connectivity index (χ0) is 19.6. The van der Waals surface area contributed by atoms with Gasteiger partial charge in [0.15, 0.2) is 0 Å². The van der Waals surface area contributed by atoms with Crippen molar-refractivity contribution >= 4 is 23.6 Å². The molecule has 27 heavy (non-hydrogen) atoms. The first-order chi connectivity index (χ1) is 12.9. The van der Waals surface area contributed by atoms with E-state index in [4.69, 9.17) is 0 Å². The minimum atomic E-state index is -0.123. The molecule has 0 radical (unpaired) electrons. The molecule has 0 aromatic carbocycles. The highest BCUT2D eigenvalue weighted by Gasteiger charge is 2.47. The summed E-state index contributed by atoms with van der Waals surface area (Å²) in [5.41, 5.74) is 0. The van der Waals surface area contributed by atoms with Crippen molar-refractivity contribution in [3.8, 4) is 0 Å². The molecule has 5 atom stereocenters. The molecule has 4 N–H and O–H groups in total. The molecule has 3 fully saturated rings. The molecule has 0 aromatic heterocycles. The van der Waals surface area contributed by atoms with Crippen LogP contribution in [0.3, 0.4) is 0 Å². The van der Waals surface area contributed by atoms with Gasteiger partial charge in [-0.2, -0.15) is 0 Å². The van der Waals surface area contributed by atoms with E-state index in [-0.39, 0.29) is 30.3 Å². The van der Waals surface area contributed by atoms with E-state index in [0.29, 0.717) is 28.6 Å². The van der Waals surface area contributed by atoms with E-state index in [2.05, 4.69) is 51.8 Å². The molecule has 2 amide bonds. The fourth-order valence-electron chi connectivity index (χ4n) is 4.57. The molecule has 3 aliphatic rings. The van der Waals surface area contributed by atoms with Crippen molar-refractivity contribution in [2.45, 2.75) is 63.4 Å². The molecule has 0 aliphatic carbocycles. The number of hydrogen-bond acceptors (Lipinski definition) is 6. The molecule has 8 heteroatoms. The van der Waals surface area contributed by atoms with Gasteiger partial charge in [-0.05, 0) is 32.6 Å². The molecule has 0 spiro atoms. The van der Waals surface area contributed by atoms with Gasteiger partial charge in [-0.25, -0.2) is 0 Å². The third-order valence-corrected chi connectivity index (χ3v) is 7.84. The largest absolute Gasteiger partial charge is 0.352 e. The number of nitrogens with one attached hydrogen (secondary N) is 4. The van der Waals surface area contributed by atoms with E-state index in [1.807, 2.05) is 13.8 Å². The summed E-state index contributed by atoms with van der Waals surface area (Å²) < 4.78 is 0. The number of thioether (sulfide) groups is 1. The number of hydrogen-bond donors (Lipinski definition) is 4. The average molecular weight is 398 g/mol. The lowest BCUT2D eigenvalue weighted by Gasteiger charge is -2.45. The van der Waals surface area contributed by atoms with Crippen LogP contribution in [0.2, 0.25) is 0 Å². The molecule has 0 bridgehead atoms. The van der Waals surface area contributed by atoms with Gasteiger partial charge >= 0.3 is 0 Å². The second kappa shape index (κ2) is 9.11. The molecule has 3 aliphatic heterocycles. The van der Waals surface area contributed by atoms with E-state index in [9.17, 15) is 9.59 Å². The number of amides is 2. The molecule has 3 rings (SSSR count). The zero-order valence-electron chi connectivity index (χ0n) is 17.0. The van der Waals surface area contributed by atoms with Crippen molar-refractivity contribution in [1.82, 2.24) is 26.2 Å². The number of piperidine rings is 1. The number of rotatable bonds is 5. The van der Waals surface area contributed by atoms with Crippen LogP contribution in [0.15, 0.2) is 0 Å². The van der Waals surface area contributed by atoms with Crippen LogP contribution in [0, 0.1) is 17.8 Å². The van der Waals surface area contributed by atoms with Gasteiger partial charge in [0.1, 0.15) is 0 Å². The Morgan fingerprint density at radius 1 is 1.19 bits per heavy atom. The minimum Gasteiger partial charge on any atom is -0.352 e. The number of likely N-dealkylation sites (tertiary alicyclic amines) is 1.